The Morgan fingerprint density at radius 3 is 2.73 bits per heavy atom. The molecule has 0 bridgehead atoms. The zero-order valence-corrected chi connectivity index (χ0v) is 14.7. The Morgan fingerprint density at radius 2 is 2.00 bits per heavy atom. The molecule has 1 aliphatic carbocycles. The monoisotopic (exact) mass is 373 g/mol. The van der Waals surface area contributed by atoms with Crippen molar-refractivity contribution in [2.75, 3.05) is 6.79 Å². The van der Waals surface area contributed by atoms with Gasteiger partial charge < -0.3 is 14.4 Å². The van der Waals surface area contributed by atoms with Crippen molar-refractivity contribution in [2.45, 2.75) is 25.4 Å². The van der Waals surface area contributed by atoms with Gasteiger partial charge in [0.15, 0.2) is 11.5 Å². The van der Waals surface area contributed by atoms with Gasteiger partial charge in [-0.1, -0.05) is 23.7 Å². The topological polar surface area (TPSA) is 38.8 Å². The van der Waals surface area contributed by atoms with Crippen LogP contribution in [0, 0.1) is 5.82 Å². The SMILES string of the molecule is O=C(/C=C/c1cc(Cl)c2c(c1)OCO2)N(Cc1ccc(F)cc1)C1CC1. The molecule has 6 heteroatoms. The molecular weight excluding hydrogens is 357 g/mol. The number of rotatable bonds is 5. The van der Waals surface area contributed by atoms with Crippen molar-refractivity contribution in [3.63, 3.8) is 0 Å². The molecule has 1 amide bonds. The van der Waals surface area contributed by atoms with Crippen molar-refractivity contribution in [3.05, 3.63) is 64.4 Å². The highest BCUT2D eigenvalue weighted by atomic mass is 35.5. The van der Waals surface area contributed by atoms with Crippen LogP contribution in [0.5, 0.6) is 11.5 Å². The van der Waals surface area contributed by atoms with Crippen LogP contribution in [0.4, 0.5) is 4.39 Å². The highest BCUT2D eigenvalue weighted by molar-refractivity contribution is 6.32. The first-order chi connectivity index (χ1) is 12.6. The third-order valence-electron chi connectivity index (χ3n) is 4.40. The first-order valence-corrected chi connectivity index (χ1v) is 8.80. The molecule has 0 radical (unpaired) electrons. The van der Waals surface area contributed by atoms with Gasteiger partial charge in [0.25, 0.3) is 0 Å². The molecule has 1 fully saturated rings. The normalized spacial score (nSPS) is 15.5. The summed E-state index contributed by atoms with van der Waals surface area (Å²) >= 11 is 6.17. The summed E-state index contributed by atoms with van der Waals surface area (Å²) in [7, 11) is 0. The lowest BCUT2D eigenvalue weighted by molar-refractivity contribution is -0.127. The van der Waals surface area contributed by atoms with E-state index in [0.29, 0.717) is 23.1 Å². The van der Waals surface area contributed by atoms with Crippen molar-refractivity contribution < 1.29 is 18.7 Å². The number of amides is 1. The molecule has 2 aliphatic rings. The van der Waals surface area contributed by atoms with Crippen molar-refractivity contribution in [1.29, 1.82) is 0 Å². The van der Waals surface area contributed by atoms with Crippen molar-refractivity contribution >= 4 is 23.6 Å². The number of hydrogen-bond donors (Lipinski definition) is 0. The van der Waals surface area contributed by atoms with E-state index in [1.165, 1.54) is 18.2 Å². The smallest absolute Gasteiger partial charge is 0.247 e. The molecule has 4 nitrogen and oxygen atoms in total. The molecule has 0 N–H and O–H groups in total. The first-order valence-electron chi connectivity index (χ1n) is 8.42. The Balaban J connectivity index is 1.49. The predicted octanol–water partition coefficient (Wildman–Crippen LogP) is 4.41. The molecule has 26 heavy (non-hydrogen) atoms. The molecule has 2 aromatic rings. The second kappa shape index (κ2) is 7.00. The fourth-order valence-electron chi connectivity index (χ4n) is 2.91. The highest BCUT2D eigenvalue weighted by Gasteiger charge is 2.31. The highest BCUT2D eigenvalue weighted by Crippen LogP contribution is 2.40. The maximum Gasteiger partial charge on any atom is 0.247 e. The van der Waals surface area contributed by atoms with Crippen molar-refractivity contribution in [3.8, 4) is 11.5 Å². The van der Waals surface area contributed by atoms with Gasteiger partial charge in [0.1, 0.15) is 5.82 Å². The Labute approximate surface area is 155 Å². The van der Waals surface area contributed by atoms with Gasteiger partial charge in [-0.25, -0.2) is 4.39 Å². The largest absolute Gasteiger partial charge is 0.454 e. The summed E-state index contributed by atoms with van der Waals surface area (Å²) in [5, 5.41) is 0.456. The van der Waals surface area contributed by atoms with E-state index in [1.807, 2.05) is 4.90 Å². The van der Waals surface area contributed by atoms with Crippen molar-refractivity contribution in [2.24, 2.45) is 0 Å². The minimum atomic E-state index is -0.280. The minimum Gasteiger partial charge on any atom is -0.454 e. The summed E-state index contributed by atoms with van der Waals surface area (Å²) < 4.78 is 23.7. The molecule has 1 aliphatic heterocycles. The van der Waals surface area contributed by atoms with Crippen LogP contribution in [0.1, 0.15) is 24.0 Å². The third-order valence-corrected chi connectivity index (χ3v) is 4.69. The summed E-state index contributed by atoms with van der Waals surface area (Å²) in [6, 6.07) is 10.0. The second-order valence-electron chi connectivity index (χ2n) is 6.39. The maximum absolute atomic E-state index is 13.1. The Kier molecular flexibility index (Phi) is 4.55. The lowest BCUT2D eigenvalue weighted by Gasteiger charge is -2.21. The quantitative estimate of drug-likeness (QED) is 0.728. The van der Waals surface area contributed by atoms with Gasteiger partial charge in [-0.15, -0.1) is 0 Å². The van der Waals surface area contributed by atoms with Gasteiger partial charge in [-0.05, 0) is 54.3 Å². The van der Waals surface area contributed by atoms with Crippen LogP contribution in [0.25, 0.3) is 6.08 Å². The molecular formula is C20H17ClFNO3. The number of nitrogens with zero attached hydrogens (tertiary/aromatic N) is 1. The van der Waals surface area contributed by atoms with E-state index >= 15 is 0 Å². The Morgan fingerprint density at radius 1 is 1.23 bits per heavy atom. The van der Waals surface area contributed by atoms with Gasteiger partial charge in [-0.2, -0.15) is 0 Å². The Hall–Kier alpha value is -2.53. The number of carbonyl (C=O) groups is 1. The second-order valence-corrected chi connectivity index (χ2v) is 6.80. The van der Waals surface area contributed by atoms with Gasteiger partial charge in [-0.3, -0.25) is 4.79 Å². The number of carbonyl (C=O) groups excluding carboxylic acids is 1. The molecule has 0 unspecified atom stereocenters. The van der Waals surface area contributed by atoms with E-state index in [1.54, 1.807) is 30.3 Å². The van der Waals surface area contributed by atoms with E-state index in [9.17, 15) is 9.18 Å². The number of halogens is 2. The average Bonchev–Trinajstić information content (AvgIpc) is 3.36. The van der Waals surface area contributed by atoms with E-state index < -0.39 is 0 Å². The first kappa shape index (κ1) is 16.9. The Bertz CT molecular complexity index is 862. The van der Waals surface area contributed by atoms with Crippen LogP contribution in [-0.4, -0.2) is 23.6 Å². The molecule has 0 spiro atoms. The number of hydrogen-bond acceptors (Lipinski definition) is 3. The fourth-order valence-corrected chi connectivity index (χ4v) is 3.18. The number of fused-ring (bicyclic) bond motifs is 1. The van der Waals surface area contributed by atoms with Crippen LogP contribution in [0.3, 0.4) is 0 Å². The van der Waals surface area contributed by atoms with Crippen LogP contribution >= 0.6 is 11.6 Å². The standard InChI is InChI=1S/C20H17ClFNO3/c21-17-9-14(10-18-20(17)26-12-25-18)3-8-19(24)23(16-6-7-16)11-13-1-4-15(22)5-2-13/h1-5,8-10,16H,6-7,11-12H2/b8-3+. The molecule has 0 aromatic heterocycles. The van der Waals surface area contributed by atoms with Crippen LogP contribution in [-0.2, 0) is 11.3 Å². The molecule has 134 valence electrons. The summed E-state index contributed by atoms with van der Waals surface area (Å²) in [5.74, 6) is 0.754. The van der Waals surface area contributed by atoms with Gasteiger partial charge >= 0.3 is 0 Å². The zero-order chi connectivity index (χ0) is 18.1. The van der Waals surface area contributed by atoms with E-state index in [0.717, 1.165) is 24.0 Å². The molecule has 1 heterocycles. The summed E-state index contributed by atoms with van der Waals surface area (Å²) in [6.45, 7) is 0.615. The van der Waals surface area contributed by atoms with E-state index in [-0.39, 0.29) is 24.6 Å². The minimum absolute atomic E-state index is 0.0781. The molecule has 2 aromatic carbocycles. The zero-order valence-electron chi connectivity index (χ0n) is 14.0. The van der Waals surface area contributed by atoms with E-state index in [4.69, 9.17) is 21.1 Å². The fraction of sp³-hybridized carbons (Fsp3) is 0.250. The molecule has 4 rings (SSSR count). The van der Waals surface area contributed by atoms with Gasteiger partial charge in [0.2, 0.25) is 12.7 Å². The predicted molar refractivity (Wildman–Crippen MR) is 96.6 cm³/mol. The summed E-state index contributed by atoms with van der Waals surface area (Å²) in [5.41, 5.74) is 1.68. The van der Waals surface area contributed by atoms with E-state index in [2.05, 4.69) is 0 Å². The number of benzene rings is 2. The van der Waals surface area contributed by atoms with Crippen LogP contribution < -0.4 is 9.47 Å². The summed E-state index contributed by atoms with van der Waals surface area (Å²) in [6.07, 6.45) is 5.25. The average molecular weight is 374 g/mol. The summed E-state index contributed by atoms with van der Waals surface area (Å²) in [4.78, 5) is 14.5. The lowest BCUT2D eigenvalue weighted by atomic mass is 10.1. The van der Waals surface area contributed by atoms with Gasteiger partial charge in [0, 0.05) is 18.7 Å². The van der Waals surface area contributed by atoms with Gasteiger partial charge in [0.05, 0.1) is 5.02 Å². The lowest BCUT2D eigenvalue weighted by Crippen LogP contribution is -2.31. The maximum atomic E-state index is 13.1. The van der Waals surface area contributed by atoms with Crippen LogP contribution in [0.15, 0.2) is 42.5 Å². The molecule has 1 saturated carbocycles. The van der Waals surface area contributed by atoms with Crippen molar-refractivity contribution in [1.82, 2.24) is 4.90 Å². The van der Waals surface area contributed by atoms with Crippen LogP contribution in [0.2, 0.25) is 5.02 Å². The molecule has 0 saturated heterocycles. The third kappa shape index (κ3) is 3.68. The number of ether oxygens (including phenoxy) is 2. The molecule has 0 atom stereocenters.